The van der Waals surface area contributed by atoms with Crippen LogP contribution in [-0.2, 0) is 26.0 Å². The van der Waals surface area contributed by atoms with Crippen molar-refractivity contribution in [2.75, 3.05) is 32.8 Å². The number of fused-ring (bicyclic) bond motifs is 1. The standard InChI is InChI=1S/C23H25N3O6S/c1-3-20-22(16(2)32-24-20)23(28)31-15-21(27)25-10-12-26(13-11-25)33(29,30)19-9-8-17-6-4-5-7-18(17)14-19/h4-9,14H,3,10-13,15H2,1-2H3. The number of piperazine rings is 1. The van der Waals surface area contributed by atoms with Crippen molar-refractivity contribution in [3.05, 3.63) is 59.5 Å². The topological polar surface area (TPSA) is 110 Å². The van der Waals surface area contributed by atoms with Gasteiger partial charge in [0.25, 0.3) is 5.91 Å². The van der Waals surface area contributed by atoms with Crippen LogP contribution in [0, 0.1) is 6.92 Å². The van der Waals surface area contributed by atoms with Gasteiger partial charge in [-0.15, -0.1) is 0 Å². The molecule has 0 saturated carbocycles. The first kappa shape index (κ1) is 22.9. The lowest BCUT2D eigenvalue weighted by Gasteiger charge is -2.33. The summed E-state index contributed by atoms with van der Waals surface area (Å²) in [6.07, 6.45) is 0.503. The molecule has 0 radical (unpaired) electrons. The second-order valence-electron chi connectivity index (χ2n) is 7.78. The number of benzene rings is 2. The smallest absolute Gasteiger partial charge is 0.344 e. The van der Waals surface area contributed by atoms with Gasteiger partial charge < -0.3 is 14.2 Å². The number of amides is 1. The maximum atomic E-state index is 13.1. The fourth-order valence-corrected chi connectivity index (χ4v) is 5.32. The van der Waals surface area contributed by atoms with Crippen molar-refractivity contribution in [1.29, 1.82) is 0 Å². The van der Waals surface area contributed by atoms with E-state index in [1.807, 2.05) is 31.2 Å². The van der Waals surface area contributed by atoms with E-state index < -0.39 is 22.6 Å². The Bertz CT molecular complexity index is 1290. The van der Waals surface area contributed by atoms with Gasteiger partial charge in [0.15, 0.2) is 6.61 Å². The zero-order valence-corrected chi connectivity index (χ0v) is 19.3. The number of aromatic nitrogens is 1. The number of sulfonamides is 1. The number of nitrogens with zero attached hydrogens (tertiary/aromatic N) is 3. The van der Waals surface area contributed by atoms with Crippen LogP contribution in [0.25, 0.3) is 10.8 Å². The SMILES string of the molecule is CCc1noc(C)c1C(=O)OCC(=O)N1CCN(S(=O)(=O)c2ccc3ccccc3c2)CC1. The van der Waals surface area contributed by atoms with Crippen molar-refractivity contribution in [1.82, 2.24) is 14.4 Å². The maximum absolute atomic E-state index is 13.1. The lowest BCUT2D eigenvalue weighted by atomic mass is 10.1. The molecule has 2 heterocycles. The average molecular weight is 472 g/mol. The summed E-state index contributed by atoms with van der Waals surface area (Å²) >= 11 is 0. The summed E-state index contributed by atoms with van der Waals surface area (Å²) in [6.45, 7) is 3.79. The second kappa shape index (κ2) is 9.32. The Balaban J connectivity index is 1.35. The van der Waals surface area contributed by atoms with Gasteiger partial charge in [-0.2, -0.15) is 4.31 Å². The van der Waals surface area contributed by atoms with Gasteiger partial charge >= 0.3 is 5.97 Å². The number of aryl methyl sites for hydroxylation is 2. The predicted molar refractivity (Wildman–Crippen MR) is 120 cm³/mol. The lowest BCUT2D eigenvalue weighted by molar-refractivity contribution is -0.135. The second-order valence-corrected chi connectivity index (χ2v) is 9.72. The molecule has 0 atom stereocenters. The van der Waals surface area contributed by atoms with E-state index in [-0.39, 0.29) is 42.5 Å². The highest BCUT2D eigenvalue weighted by atomic mass is 32.2. The van der Waals surface area contributed by atoms with E-state index >= 15 is 0 Å². The average Bonchev–Trinajstić information content (AvgIpc) is 3.22. The molecule has 0 N–H and O–H groups in total. The minimum Gasteiger partial charge on any atom is -0.452 e. The van der Waals surface area contributed by atoms with Gasteiger partial charge in [0.1, 0.15) is 11.3 Å². The molecule has 174 valence electrons. The number of carbonyl (C=O) groups is 2. The fourth-order valence-electron chi connectivity index (χ4n) is 3.87. The summed E-state index contributed by atoms with van der Waals surface area (Å²) in [5, 5.41) is 5.63. The zero-order valence-electron chi connectivity index (χ0n) is 18.5. The normalized spacial score (nSPS) is 15.0. The summed E-state index contributed by atoms with van der Waals surface area (Å²) in [5.41, 5.74) is 0.731. The van der Waals surface area contributed by atoms with E-state index in [2.05, 4.69) is 5.16 Å². The Kier molecular flexibility index (Phi) is 6.48. The minimum atomic E-state index is -3.68. The Morgan fingerprint density at radius 1 is 1.06 bits per heavy atom. The van der Waals surface area contributed by atoms with Gasteiger partial charge in [0.05, 0.1) is 10.6 Å². The van der Waals surface area contributed by atoms with Crippen molar-refractivity contribution in [2.24, 2.45) is 0 Å². The molecule has 1 fully saturated rings. The highest BCUT2D eigenvalue weighted by Crippen LogP contribution is 2.23. The Hall–Kier alpha value is -3.24. The van der Waals surface area contributed by atoms with E-state index in [0.29, 0.717) is 17.9 Å². The third-order valence-corrected chi connectivity index (χ3v) is 7.64. The molecule has 10 heteroatoms. The quantitative estimate of drug-likeness (QED) is 0.508. The van der Waals surface area contributed by atoms with Crippen LogP contribution >= 0.6 is 0 Å². The van der Waals surface area contributed by atoms with Crippen molar-refractivity contribution < 1.29 is 27.3 Å². The molecule has 0 bridgehead atoms. The molecule has 9 nitrogen and oxygen atoms in total. The van der Waals surface area contributed by atoms with Crippen LogP contribution in [0.2, 0.25) is 0 Å². The van der Waals surface area contributed by atoms with Crippen LogP contribution in [0.15, 0.2) is 51.9 Å². The number of esters is 1. The van der Waals surface area contributed by atoms with Crippen molar-refractivity contribution in [2.45, 2.75) is 25.2 Å². The van der Waals surface area contributed by atoms with E-state index in [1.54, 1.807) is 25.1 Å². The molecule has 1 aliphatic heterocycles. The summed E-state index contributed by atoms with van der Waals surface area (Å²) in [5.74, 6) is -0.688. The molecular weight excluding hydrogens is 446 g/mol. The molecule has 0 spiro atoms. The summed E-state index contributed by atoms with van der Waals surface area (Å²) < 4.78 is 37.7. The molecule has 1 saturated heterocycles. The maximum Gasteiger partial charge on any atom is 0.344 e. The molecule has 0 aliphatic carbocycles. The molecule has 1 aliphatic rings. The Labute approximate surface area is 191 Å². The van der Waals surface area contributed by atoms with Gasteiger partial charge in [-0.05, 0) is 36.2 Å². The highest BCUT2D eigenvalue weighted by Gasteiger charge is 2.31. The molecule has 1 amide bonds. The first-order valence-electron chi connectivity index (χ1n) is 10.7. The fraction of sp³-hybridized carbons (Fsp3) is 0.348. The van der Waals surface area contributed by atoms with Gasteiger partial charge in [-0.3, -0.25) is 4.79 Å². The summed E-state index contributed by atoms with van der Waals surface area (Å²) in [7, 11) is -3.68. The molecular formula is C23H25N3O6S. The molecule has 2 aromatic carbocycles. The number of ether oxygens (including phenoxy) is 1. The number of rotatable bonds is 6. The first-order chi connectivity index (χ1) is 15.8. The van der Waals surface area contributed by atoms with Crippen molar-refractivity contribution >= 4 is 32.7 Å². The van der Waals surface area contributed by atoms with Crippen LogP contribution in [0.5, 0.6) is 0 Å². The van der Waals surface area contributed by atoms with Gasteiger partial charge in [-0.1, -0.05) is 42.4 Å². The van der Waals surface area contributed by atoms with Crippen molar-refractivity contribution in [3.8, 4) is 0 Å². The third kappa shape index (κ3) is 4.62. The molecule has 33 heavy (non-hydrogen) atoms. The molecule has 3 aromatic rings. The monoisotopic (exact) mass is 471 g/mol. The number of hydrogen-bond acceptors (Lipinski definition) is 7. The lowest BCUT2D eigenvalue weighted by Crippen LogP contribution is -2.51. The zero-order chi connectivity index (χ0) is 23.6. The predicted octanol–water partition coefficient (Wildman–Crippen LogP) is 2.39. The Morgan fingerprint density at radius 2 is 1.76 bits per heavy atom. The van der Waals surface area contributed by atoms with Crippen LogP contribution < -0.4 is 0 Å². The van der Waals surface area contributed by atoms with Crippen LogP contribution in [0.3, 0.4) is 0 Å². The van der Waals surface area contributed by atoms with Gasteiger partial charge in [0.2, 0.25) is 10.0 Å². The van der Waals surface area contributed by atoms with Gasteiger partial charge in [0, 0.05) is 26.2 Å². The van der Waals surface area contributed by atoms with E-state index in [0.717, 1.165) is 10.8 Å². The number of carbonyl (C=O) groups excluding carboxylic acids is 2. The molecule has 4 rings (SSSR count). The van der Waals surface area contributed by atoms with Crippen LogP contribution in [-0.4, -0.2) is 67.4 Å². The molecule has 0 unspecified atom stereocenters. The first-order valence-corrected chi connectivity index (χ1v) is 12.1. The Morgan fingerprint density at radius 3 is 2.45 bits per heavy atom. The van der Waals surface area contributed by atoms with Crippen LogP contribution in [0.4, 0.5) is 0 Å². The summed E-state index contributed by atoms with van der Waals surface area (Å²) in [4.78, 5) is 26.6. The van der Waals surface area contributed by atoms with E-state index in [4.69, 9.17) is 9.26 Å². The van der Waals surface area contributed by atoms with Crippen LogP contribution in [0.1, 0.15) is 28.7 Å². The summed E-state index contributed by atoms with van der Waals surface area (Å²) in [6, 6.07) is 12.6. The highest BCUT2D eigenvalue weighted by molar-refractivity contribution is 7.89. The van der Waals surface area contributed by atoms with Crippen molar-refractivity contribution in [3.63, 3.8) is 0 Å². The van der Waals surface area contributed by atoms with E-state index in [1.165, 1.54) is 9.21 Å². The van der Waals surface area contributed by atoms with E-state index in [9.17, 15) is 18.0 Å². The molecule has 1 aromatic heterocycles. The minimum absolute atomic E-state index is 0.166. The largest absolute Gasteiger partial charge is 0.452 e. The number of hydrogen-bond donors (Lipinski definition) is 0. The van der Waals surface area contributed by atoms with Gasteiger partial charge in [-0.25, -0.2) is 13.2 Å². The third-order valence-electron chi connectivity index (χ3n) is 5.75.